The Kier molecular flexibility index (Phi) is 3.35. The Morgan fingerprint density at radius 1 is 1.14 bits per heavy atom. The summed E-state index contributed by atoms with van der Waals surface area (Å²) in [5.74, 6) is 0.272. The lowest BCUT2D eigenvalue weighted by atomic mass is 10.0. The third-order valence-corrected chi connectivity index (χ3v) is 4.13. The van der Waals surface area contributed by atoms with Crippen LogP contribution in [0.3, 0.4) is 0 Å². The summed E-state index contributed by atoms with van der Waals surface area (Å²) < 4.78 is 0. The lowest BCUT2D eigenvalue weighted by molar-refractivity contribution is 0.266. The SMILES string of the molecule is OCC(Cc1cccs1)c1cccs1. The van der Waals surface area contributed by atoms with E-state index in [0.29, 0.717) is 0 Å². The molecular weight excluding hydrogens is 212 g/mol. The van der Waals surface area contributed by atoms with Crippen LogP contribution in [-0.2, 0) is 6.42 Å². The van der Waals surface area contributed by atoms with Crippen LogP contribution in [0.2, 0.25) is 0 Å². The molecule has 0 amide bonds. The van der Waals surface area contributed by atoms with E-state index in [-0.39, 0.29) is 12.5 Å². The lowest BCUT2D eigenvalue weighted by Crippen LogP contribution is -2.04. The van der Waals surface area contributed by atoms with Gasteiger partial charge in [0.15, 0.2) is 0 Å². The molecule has 0 bridgehead atoms. The molecule has 0 aliphatic rings. The summed E-state index contributed by atoms with van der Waals surface area (Å²) in [5.41, 5.74) is 0. The molecule has 1 atom stereocenters. The molecule has 2 aromatic rings. The smallest absolute Gasteiger partial charge is 0.0511 e. The monoisotopic (exact) mass is 224 g/mol. The molecule has 2 heterocycles. The highest BCUT2D eigenvalue weighted by Crippen LogP contribution is 2.26. The van der Waals surface area contributed by atoms with E-state index in [1.807, 2.05) is 6.07 Å². The Bertz CT molecular complexity index is 351. The zero-order valence-corrected chi connectivity index (χ0v) is 9.35. The highest BCUT2D eigenvalue weighted by atomic mass is 32.1. The van der Waals surface area contributed by atoms with Gasteiger partial charge in [-0.25, -0.2) is 0 Å². The van der Waals surface area contributed by atoms with Crippen molar-refractivity contribution in [2.45, 2.75) is 12.3 Å². The summed E-state index contributed by atoms with van der Waals surface area (Å²) in [7, 11) is 0. The molecule has 2 aromatic heterocycles. The van der Waals surface area contributed by atoms with E-state index in [1.54, 1.807) is 22.7 Å². The van der Waals surface area contributed by atoms with Crippen molar-refractivity contribution in [1.82, 2.24) is 0 Å². The van der Waals surface area contributed by atoms with Gasteiger partial charge in [0.25, 0.3) is 0 Å². The predicted molar refractivity (Wildman–Crippen MR) is 62.2 cm³/mol. The summed E-state index contributed by atoms with van der Waals surface area (Å²) in [6, 6.07) is 8.32. The molecule has 0 aliphatic carbocycles. The summed E-state index contributed by atoms with van der Waals surface area (Å²) in [5, 5.41) is 13.5. The van der Waals surface area contributed by atoms with E-state index in [0.717, 1.165) is 6.42 Å². The van der Waals surface area contributed by atoms with E-state index in [2.05, 4.69) is 29.0 Å². The van der Waals surface area contributed by atoms with Crippen molar-refractivity contribution in [2.24, 2.45) is 0 Å². The number of rotatable bonds is 4. The topological polar surface area (TPSA) is 20.2 Å². The molecule has 14 heavy (non-hydrogen) atoms. The number of thiophene rings is 2. The Morgan fingerprint density at radius 3 is 2.50 bits per heavy atom. The molecule has 0 spiro atoms. The Morgan fingerprint density at radius 2 is 1.93 bits per heavy atom. The fourth-order valence-electron chi connectivity index (χ4n) is 1.45. The van der Waals surface area contributed by atoms with Crippen LogP contribution in [0.5, 0.6) is 0 Å². The molecule has 0 radical (unpaired) electrons. The standard InChI is InChI=1S/C11H12OS2/c12-8-9(11-4-2-6-14-11)7-10-3-1-5-13-10/h1-6,9,12H,7-8H2. The molecule has 1 N–H and O–H groups in total. The van der Waals surface area contributed by atoms with Crippen LogP contribution in [-0.4, -0.2) is 11.7 Å². The number of aliphatic hydroxyl groups is 1. The van der Waals surface area contributed by atoms with Gasteiger partial charge in [-0.15, -0.1) is 22.7 Å². The van der Waals surface area contributed by atoms with E-state index in [4.69, 9.17) is 0 Å². The van der Waals surface area contributed by atoms with Crippen LogP contribution >= 0.6 is 22.7 Å². The summed E-state index contributed by atoms with van der Waals surface area (Å²) >= 11 is 3.48. The van der Waals surface area contributed by atoms with Crippen LogP contribution in [0.1, 0.15) is 15.7 Å². The molecule has 3 heteroatoms. The van der Waals surface area contributed by atoms with Crippen LogP contribution < -0.4 is 0 Å². The Hall–Kier alpha value is -0.640. The molecule has 0 aliphatic heterocycles. The first-order valence-electron chi connectivity index (χ1n) is 4.57. The maximum absolute atomic E-state index is 9.31. The van der Waals surface area contributed by atoms with Crippen LogP contribution in [0.15, 0.2) is 35.0 Å². The van der Waals surface area contributed by atoms with Gasteiger partial charge in [0.05, 0.1) is 6.61 Å². The molecule has 0 aromatic carbocycles. The fraction of sp³-hybridized carbons (Fsp3) is 0.273. The molecule has 1 unspecified atom stereocenters. The van der Waals surface area contributed by atoms with Crippen molar-refractivity contribution < 1.29 is 5.11 Å². The Labute approximate surface area is 91.7 Å². The van der Waals surface area contributed by atoms with Crippen molar-refractivity contribution in [3.05, 3.63) is 44.8 Å². The average molecular weight is 224 g/mol. The normalized spacial score (nSPS) is 12.9. The third-order valence-electron chi connectivity index (χ3n) is 2.19. The van der Waals surface area contributed by atoms with E-state index in [1.165, 1.54) is 9.75 Å². The number of hydrogen-bond donors (Lipinski definition) is 1. The van der Waals surface area contributed by atoms with Crippen molar-refractivity contribution >= 4 is 22.7 Å². The van der Waals surface area contributed by atoms with Gasteiger partial charge < -0.3 is 5.11 Å². The van der Waals surface area contributed by atoms with Crippen LogP contribution in [0.4, 0.5) is 0 Å². The lowest BCUT2D eigenvalue weighted by Gasteiger charge is -2.10. The van der Waals surface area contributed by atoms with E-state index >= 15 is 0 Å². The van der Waals surface area contributed by atoms with Crippen molar-refractivity contribution in [1.29, 1.82) is 0 Å². The number of hydrogen-bond acceptors (Lipinski definition) is 3. The van der Waals surface area contributed by atoms with Gasteiger partial charge in [0.2, 0.25) is 0 Å². The van der Waals surface area contributed by atoms with Crippen molar-refractivity contribution in [3.8, 4) is 0 Å². The minimum Gasteiger partial charge on any atom is -0.396 e. The van der Waals surface area contributed by atoms with Gasteiger partial charge in [-0.1, -0.05) is 12.1 Å². The quantitative estimate of drug-likeness (QED) is 0.846. The largest absolute Gasteiger partial charge is 0.396 e. The summed E-state index contributed by atoms with van der Waals surface area (Å²) in [6.45, 7) is 0.235. The zero-order chi connectivity index (χ0) is 9.80. The molecule has 0 saturated carbocycles. The second-order valence-electron chi connectivity index (χ2n) is 3.18. The van der Waals surface area contributed by atoms with Gasteiger partial charge >= 0.3 is 0 Å². The summed E-state index contributed by atoms with van der Waals surface area (Å²) in [4.78, 5) is 2.62. The van der Waals surface area contributed by atoms with Crippen LogP contribution in [0.25, 0.3) is 0 Å². The van der Waals surface area contributed by atoms with Gasteiger partial charge in [-0.2, -0.15) is 0 Å². The predicted octanol–water partition coefficient (Wildman–Crippen LogP) is 3.13. The maximum atomic E-state index is 9.31. The van der Waals surface area contributed by atoms with Crippen LogP contribution in [0, 0.1) is 0 Å². The third kappa shape index (κ3) is 2.23. The molecular formula is C11H12OS2. The molecule has 0 fully saturated rings. The highest BCUT2D eigenvalue weighted by Gasteiger charge is 2.12. The van der Waals surface area contributed by atoms with Gasteiger partial charge in [-0.3, -0.25) is 0 Å². The molecule has 0 saturated heterocycles. The molecule has 1 nitrogen and oxygen atoms in total. The fourth-order valence-corrected chi connectivity index (χ4v) is 3.06. The first kappa shape index (κ1) is 9.90. The zero-order valence-electron chi connectivity index (χ0n) is 7.72. The molecule has 74 valence electrons. The highest BCUT2D eigenvalue weighted by molar-refractivity contribution is 7.10. The maximum Gasteiger partial charge on any atom is 0.0511 e. The van der Waals surface area contributed by atoms with E-state index < -0.39 is 0 Å². The minimum absolute atomic E-state index is 0.235. The minimum atomic E-state index is 0.235. The first-order valence-corrected chi connectivity index (χ1v) is 6.32. The van der Waals surface area contributed by atoms with Gasteiger partial charge in [-0.05, 0) is 29.3 Å². The van der Waals surface area contributed by atoms with Gasteiger partial charge in [0.1, 0.15) is 0 Å². The van der Waals surface area contributed by atoms with Gasteiger partial charge in [0, 0.05) is 15.7 Å². The number of aliphatic hydroxyl groups excluding tert-OH is 1. The Balaban J connectivity index is 2.08. The molecule has 2 rings (SSSR count). The van der Waals surface area contributed by atoms with E-state index in [9.17, 15) is 5.11 Å². The van der Waals surface area contributed by atoms with Crippen molar-refractivity contribution in [3.63, 3.8) is 0 Å². The first-order chi connectivity index (χ1) is 6.90. The second-order valence-corrected chi connectivity index (χ2v) is 5.19. The summed E-state index contributed by atoms with van der Waals surface area (Å²) in [6.07, 6.45) is 0.953. The second kappa shape index (κ2) is 4.73. The van der Waals surface area contributed by atoms with Crippen molar-refractivity contribution in [2.75, 3.05) is 6.61 Å². The average Bonchev–Trinajstić information content (AvgIpc) is 2.86.